The zero-order chi connectivity index (χ0) is 20.8. The molecule has 3 heteroatoms. The van der Waals surface area contributed by atoms with Gasteiger partial charge in [0.05, 0.1) is 7.11 Å². The second-order valence-corrected chi connectivity index (χ2v) is 9.21. The monoisotopic (exact) mass is 407 g/mol. The molecule has 0 amide bonds. The SMILES string of the molecule is COc1ccc([C@@](O)(C2CCCCC2)[C@H](CN2CCCCC2)c2ccccc2)cc1. The van der Waals surface area contributed by atoms with Crippen molar-refractivity contribution in [2.45, 2.75) is 62.9 Å². The first kappa shape index (κ1) is 21.4. The smallest absolute Gasteiger partial charge is 0.118 e. The van der Waals surface area contributed by atoms with Crippen molar-refractivity contribution in [1.82, 2.24) is 4.90 Å². The summed E-state index contributed by atoms with van der Waals surface area (Å²) in [5.41, 5.74) is 1.43. The largest absolute Gasteiger partial charge is 0.497 e. The Labute approximate surface area is 182 Å². The highest BCUT2D eigenvalue weighted by molar-refractivity contribution is 5.36. The lowest BCUT2D eigenvalue weighted by Crippen LogP contribution is -2.47. The van der Waals surface area contributed by atoms with Gasteiger partial charge in [0.25, 0.3) is 0 Å². The number of piperidine rings is 1. The van der Waals surface area contributed by atoms with Gasteiger partial charge >= 0.3 is 0 Å². The quantitative estimate of drug-likeness (QED) is 0.636. The third kappa shape index (κ3) is 4.58. The number of rotatable bonds is 7. The Bertz CT molecular complexity index is 763. The topological polar surface area (TPSA) is 32.7 Å². The first-order valence-corrected chi connectivity index (χ1v) is 11.9. The fourth-order valence-electron chi connectivity index (χ4n) is 5.71. The van der Waals surface area contributed by atoms with Crippen LogP contribution in [0.3, 0.4) is 0 Å². The van der Waals surface area contributed by atoms with Gasteiger partial charge in [0.15, 0.2) is 0 Å². The standard InChI is InChI=1S/C27H37NO2/c1-30-25-17-15-24(16-18-25)27(29,23-13-7-3-8-14-23)26(22-11-5-2-6-12-22)21-28-19-9-4-10-20-28/h2,5-6,11-12,15-18,23,26,29H,3-4,7-10,13-14,19-21H2,1H3/t26-,27+/m1/s1. The number of ether oxygens (including phenoxy) is 1. The minimum atomic E-state index is -0.870. The molecule has 2 aromatic rings. The summed E-state index contributed by atoms with van der Waals surface area (Å²) in [6, 6.07) is 18.9. The van der Waals surface area contributed by atoms with E-state index in [2.05, 4.69) is 47.4 Å². The van der Waals surface area contributed by atoms with Gasteiger partial charge in [-0.2, -0.15) is 0 Å². The second-order valence-electron chi connectivity index (χ2n) is 9.21. The summed E-state index contributed by atoms with van der Waals surface area (Å²) in [6.07, 6.45) is 9.80. The summed E-state index contributed by atoms with van der Waals surface area (Å²) >= 11 is 0. The van der Waals surface area contributed by atoms with Gasteiger partial charge in [-0.25, -0.2) is 0 Å². The first-order chi connectivity index (χ1) is 14.7. The molecule has 162 valence electrons. The number of benzene rings is 2. The third-order valence-electron chi connectivity index (χ3n) is 7.40. The molecule has 30 heavy (non-hydrogen) atoms. The molecule has 3 nitrogen and oxygen atoms in total. The summed E-state index contributed by atoms with van der Waals surface area (Å²) < 4.78 is 5.40. The molecule has 2 aliphatic rings. The normalized spacial score (nSPS) is 21.7. The van der Waals surface area contributed by atoms with E-state index in [1.54, 1.807) is 7.11 Å². The van der Waals surface area contributed by atoms with Crippen LogP contribution in [0.15, 0.2) is 54.6 Å². The first-order valence-electron chi connectivity index (χ1n) is 11.9. The third-order valence-corrected chi connectivity index (χ3v) is 7.40. The summed E-state index contributed by atoms with van der Waals surface area (Å²) in [7, 11) is 1.70. The van der Waals surface area contributed by atoms with Crippen molar-refractivity contribution in [2.24, 2.45) is 5.92 Å². The summed E-state index contributed by atoms with van der Waals surface area (Å²) in [5.74, 6) is 1.19. The summed E-state index contributed by atoms with van der Waals surface area (Å²) in [6.45, 7) is 3.21. The van der Waals surface area contributed by atoms with Gasteiger partial charge in [-0.1, -0.05) is 68.1 Å². The number of methoxy groups -OCH3 is 1. The maximum absolute atomic E-state index is 12.6. The fraction of sp³-hybridized carbons (Fsp3) is 0.556. The van der Waals surface area contributed by atoms with Crippen LogP contribution in [-0.4, -0.2) is 36.8 Å². The lowest BCUT2D eigenvalue weighted by Gasteiger charge is -2.46. The highest BCUT2D eigenvalue weighted by Gasteiger charge is 2.46. The van der Waals surface area contributed by atoms with Gasteiger partial charge < -0.3 is 14.7 Å². The van der Waals surface area contributed by atoms with Crippen LogP contribution in [-0.2, 0) is 5.60 Å². The van der Waals surface area contributed by atoms with E-state index in [-0.39, 0.29) is 11.8 Å². The van der Waals surface area contributed by atoms with Crippen LogP contribution in [0.25, 0.3) is 0 Å². The number of hydrogen-bond donors (Lipinski definition) is 1. The highest BCUT2D eigenvalue weighted by Crippen LogP contribution is 2.48. The molecule has 1 aliphatic heterocycles. The predicted molar refractivity (Wildman–Crippen MR) is 123 cm³/mol. The molecule has 1 saturated carbocycles. The van der Waals surface area contributed by atoms with Gasteiger partial charge in [-0.05, 0) is 68.0 Å². The van der Waals surface area contributed by atoms with Crippen LogP contribution in [0, 0.1) is 5.92 Å². The Balaban J connectivity index is 1.76. The number of aliphatic hydroxyl groups is 1. The van der Waals surface area contributed by atoms with E-state index < -0.39 is 5.60 Å². The lowest BCUT2D eigenvalue weighted by molar-refractivity contribution is -0.0710. The second kappa shape index (κ2) is 9.98. The van der Waals surface area contributed by atoms with E-state index >= 15 is 0 Å². The molecule has 1 saturated heterocycles. The van der Waals surface area contributed by atoms with Crippen molar-refractivity contribution in [3.63, 3.8) is 0 Å². The van der Waals surface area contributed by atoms with Crippen molar-refractivity contribution in [3.8, 4) is 5.75 Å². The predicted octanol–water partition coefficient (Wildman–Crippen LogP) is 5.73. The Morgan fingerprint density at radius 3 is 2.17 bits per heavy atom. The minimum Gasteiger partial charge on any atom is -0.497 e. The molecular formula is C27H37NO2. The molecule has 0 spiro atoms. The van der Waals surface area contributed by atoms with E-state index in [9.17, 15) is 5.11 Å². The molecule has 2 atom stereocenters. The number of nitrogens with zero attached hydrogens (tertiary/aromatic N) is 1. The number of likely N-dealkylation sites (tertiary alicyclic amines) is 1. The Morgan fingerprint density at radius 1 is 0.900 bits per heavy atom. The highest BCUT2D eigenvalue weighted by atomic mass is 16.5. The van der Waals surface area contributed by atoms with Crippen molar-refractivity contribution in [3.05, 3.63) is 65.7 Å². The molecule has 0 bridgehead atoms. The van der Waals surface area contributed by atoms with Gasteiger partial charge in [-0.15, -0.1) is 0 Å². The van der Waals surface area contributed by atoms with Crippen molar-refractivity contribution < 1.29 is 9.84 Å². The van der Waals surface area contributed by atoms with Crippen molar-refractivity contribution in [1.29, 1.82) is 0 Å². The molecule has 1 heterocycles. The molecule has 1 N–H and O–H groups in total. The van der Waals surface area contributed by atoms with Crippen LogP contribution in [0.5, 0.6) is 5.75 Å². The summed E-state index contributed by atoms with van der Waals surface area (Å²) in [4.78, 5) is 2.58. The van der Waals surface area contributed by atoms with E-state index in [0.29, 0.717) is 0 Å². The summed E-state index contributed by atoms with van der Waals surface area (Å²) in [5, 5.41) is 12.6. The van der Waals surface area contributed by atoms with Crippen molar-refractivity contribution in [2.75, 3.05) is 26.7 Å². The average Bonchev–Trinajstić information content (AvgIpc) is 2.84. The molecule has 2 aromatic carbocycles. The van der Waals surface area contributed by atoms with E-state index in [4.69, 9.17) is 4.74 Å². The average molecular weight is 408 g/mol. The van der Waals surface area contributed by atoms with Gasteiger partial charge in [0.2, 0.25) is 0 Å². The molecule has 0 aromatic heterocycles. The maximum atomic E-state index is 12.6. The van der Waals surface area contributed by atoms with Gasteiger partial charge in [-0.3, -0.25) is 0 Å². The Kier molecular flexibility index (Phi) is 7.12. The molecule has 1 aliphatic carbocycles. The van der Waals surface area contributed by atoms with Crippen LogP contribution >= 0.6 is 0 Å². The molecule has 2 fully saturated rings. The van der Waals surface area contributed by atoms with Crippen LogP contribution in [0.2, 0.25) is 0 Å². The van der Waals surface area contributed by atoms with Crippen LogP contribution < -0.4 is 4.74 Å². The van der Waals surface area contributed by atoms with Gasteiger partial charge in [0.1, 0.15) is 11.4 Å². The molecular weight excluding hydrogens is 370 g/mol. The molecule has 0 radical (unpaired) electrons. The van der Waals surface area contributed by atoms with Crippen LogP contribution in [0.4, 0.5) is 0 Å². The zero-order valence-electron chi connectivity index (χ0n) is 18.4. The Morgan fingerprint density at radius 2 is 1.53 bits per heavy atom. The van der Waals surface area contributed by atoms with E-state index in [1.807, 2.05) is 12.1 Å². The maximum Gasteiger partial charge on any atom is 0.118 e. The van der Waals surface area contributed by atoms with Gasteiger partial charge in [0, 0.05) is 12.5 Å². The van der Waals surface area contributed by atoms with Crippen LogP contribution in [0.1, 0.15) is 68.4 Å². The number of hydrogen-bond acceptors (Lipinski definition) is 3. The van der Waals surface area contributed by atoms with E-state index in [1.165, 1.54) is 44.1 Å². The molecule has 4 rings (SSSR count). The Hall–Kier alpha value is -1.84. The lowest BCUT2D eigenvalue weighted by atomic mass is 9.65. The molecule has 0 unspecified atom stereocenters. The fourth-order valence-corrected chi connectivity index (χ4v) is 5.71. The minimum absolute atomic E-state index is 0.0632. The van der Waals surface area contributed by atoms with E-state index in [0.717, 1.165) is 43.8 Å². The zero-order valence-corrected chi connectivity index (χ0v) is 18.4. The van der Waals surface area contributed by atoms with Crippen molar-refractivity contribution >= 4 is 0 Å².